The van der Waals surface area contributed by atoms with E-state index in [2.05, 4.69) is 35.0 Å². The number of aryl methyl sites for hydroxylation is 1. The Hall–Kier alpha value is -0.630. The molecule has 0 saturated heterocycles. The number of carbonyl (C=O) groups is 1. The van der Waals surface area contributed by atoms with Crippen LogP contribution >= 0.6 is 15.9 Å². The van der Waals surface area contributed by atoms with Crippen molar-refractivity contribution in [2.75, 3.05) is 0 Å². The summed E-state index contributed by atoms with van der Waals surface area (Å²) in [5.41, 5.74) is 3.35. The van der Waals surface area contributed by atoms with Gasteiger partial charge in [0.1, 0.15) is 0 Å². The molecule has 0 N–H and O–H groups in total. The molecule has 13 heavy (non-hydrogen) atoms. The number of benzene rings is 1. The fourth-order valence-corrected chi connectivity index (χ4v) is 2.30. The lowest BCUT2D eigenvalue weighted by molar-refractivity contribution is 0.100. The quantitative estimate of drug-likeness (QED) is 0.688. The maximum absolute atomic E-state index is 11.6. The van der Waals surface area contributed by atoms with Crippen LogP contribution in [0.15, 0.2) is 18.2 Å². The maximum atomic E-state index is 11.6. The summed E-state index contributed by atoms with van der Waals surface area (Å²) in [6, 6.07) is 6.21. The van der Waals surface area contributed by atoms with Gasteiger partial charge in [0.15, 0.2) is 5.78 Å². The number of carbonyl (C=O) groups excluding carboxylic acids is 1. The van der Waals surface area contributed by atoms with Crippen molar-refractivity contribution < 1.29 is 4.79 Å². The van der Waals surface area contributed by atoms with E-state index in [1.165, 1.54) is 11.1 Å². The molecule has 0 fully saturated rings. The summed E-state index contributed by atoms with van der Waals surface area (Å²) in [6.07, 6.45) is 1.84. The molecule has 1 unspecified atom stereocenters. The minimum atomic E-state index is 0.00889. The zero-order valence-electron chi connectivity index (χ0n) is 7.51. The molecule has 1 atom stereocenters. The number of ketones is 1. The van der Waals surface area contributed by atoms with E-state index in [0.717, 1.165) is 18.4 Å². The van der Waals surface area contributed by atoms with Gasteiger partial charge in [-0.15, -0.1) is 0 Å². The predicted octanol–water partition coefficient (Wildman–Crippen LogP) is 2.75. The number of halogens is 1. The SMILES string of the molecule is CCc1ccc2c(c1)C(=O)C(Br)C2. The fourth-order valence-electron chi connectivity index (χ4n) is 1.71. The van der Waals surface area contributed by atoms with Crippen LogP contribution in [0.4, 0.5) is 0 Å². The topological polar surface area (TPSA) is 17.1 Å². The van der Waals surface area contributed by atoms with Gasteiger partial charge in [-0.25, -0.2) is 0 Å². The molecule has 0 saturated carbocycles. The van der Waals surface area contributed by atoms with Crippen LogP contribution in [-0.2, 0) is 12.8 Å². The van der Waals surface area contributed by atoms with E-state index in [4.69, 9.17) is 0 Å². The Morgan fingerprint density at radius 3 is 3.00 bits per heavy atom. The summed E-state index contributed by atoms with van der Waals surface area (Å²) in [4.78, 5) is 11.6. The molecule has 0 heterocycles. The van der Waals surface area contributed by atoms with Gasteiger partial charge in [0, 0.05) is 5.56 Å². The van der Waals surface area contributed by atoms with E-state index in [9.17, 15) is 4.79 Å². The van der Waals surface area contributed by atoms with Gasteiger partial charge >= 0.3 is 0 Å². The standard InChI is InChI=1S/C11H11BrO/c1-2-7-3-4-8-6-10(12)11(13)9(8)5-7/h3-5,10H,2,6H2,1H3. The largest absolute Gasteiger partial charge is 0.293 e. The van der Waals surface area contributed by atoms with Crippen molar-refractivity contribution in [2.24, 2.45) is 0 Å². The third-order valence-electron chi connectivity index (χ3n) is 2.53. The monoisotopic (exact) mass is 238 g/mol. The fraction of sp³-hybridized carbons (Fsp3) is 0.364. The van der Waals surface area contributed by atoms with Crippen LogP contribution in [-0.4, -0.2) is 10.6 Å². The first-order valence-electron chi connectivity index (χ1n) is 4.52. The molecular formula is C11H11BrO. The third kappa shape index (κ3) is 1.44. The van der Waals surface area contributed by atoms with Gasteiger partial charge in [-0.1, -0.05) is 35.0 Å². The van der Waals surface area contributed by atoms with Crippen LogP contribution in [0.2, 0.25) is 0 Å². The summed E-state index contributed by atoms with van der Waals surface area (Å²) in [6.45, 7) is 2.10. The Bertz CT molecular complexity index is 357. The molecule has 1 aromatic rings. The number of hydrogen-bond donors (Lipinski definition) is 0. The van der Waals surface area contributed by atoms with Gasteiger partial charge in [-0.05, 0) is 30.0 Å². The van der Waals surface area contributed by atoms with Gasteiger partial charge in [-0.2, -0.15) is 0 Å². The number of rotatable bonds is 1. The Kier molecular flexibility index (Phi) is 2.24. The average Bonchev–Trinajstić information content (AvgIpc) is 2.43. The van der Waals surface area contributed by atoms with E-state index in [0.29, 0.717) is 0 Å². The molecule has 0 amide bonds. The number of Topliss-reactive ketones (excluding diaryl/α,β-unsaturated/α-hetero) is 1. The summed E-state index contributed by atoms with van der Waals surface area (Å²) in [5, 5.41) is 0. The maximum Gasteiger partial charge on any atom is 0.177 e. The van der Waals surface area contributed by atoms with Crippen LogP contribution < -0.4 is 0 Å². The molecule has 0 aromatic heterocycles. The zero-order valence-corrected chi connectivity index (χ0v) is 9.10. The average molecular weight is 239 g/mol. The second-order valence-electron chi connectivity index (χ2n) is 3.38. The van der Waals surface area contributed by atoms with Crippen LogP contribution in [0.3, 0.4) is 0 Å². The van der Waals surface area contributed by atoms with Crippen molar-refractivity contribution in [2.45, 2.75) is 24.6 Å². The molecule has 1 nitrogen and oxygen atoms in total. The van der Waals surface area contributed by atoms with Crippen LogP contribution in [0.25, 0.3) is 0 Å². The third-order valence-corrected chi connectivity index (χ3v) is 3.27. The van der Waals surface area contributed by atoms with Crippen LogP contribution in [0.5, 0.6) is 0 Å². The van der Waals surface area contributed by atoms with Crippen molar-refractivity contribution in [3.63, 3.8) is 0 Å². The first kappa shape index (κ1) is 8.95. The van der Waals surface area contributed by atoms with Crippen molar-refractivity contribution in [3.05, 3.63) is 34.9 Å². The minimum absolute atomic E-state index is 0.00889. The summed E-state index contributed by atoms with van der Waals surface area (Å²) >= 11 is 3.38. The lowest BCUT2D eigenvalue weighted by atomic mass is 10.0. The van der Waals surface area contributed by atoms with Crippen LogP contribution in [0.1, 0.15) is 28.4 Å². The summed E-state index contributed by atoms with van der Waals surface area (Å²) in [5.74, 6) is 0.241. The van der Waals surface area contributed by atoms with Crippen molar-refractivity contribution in [1.82, 2.24) is 0 Å². The molecule has 1 aliphatic rings. The highest BCUT2D eigenvalue weighted by Gasteiger charge is 2.27. The first-order chi connectivity index (χ1) is 6.22. The smallest absolute Gasteiger partial charge is 0.177 e. The van der Waals surface area contributed by atoms with Crippen molar-refractivity contribution in [3.8, 4) is 0 Å². The molecule has 2 heteroatoms. The van der Waals surface area contributed by atoms with Gasteiger partial charge in [0.05, 0.1) is 4.83 Å². The highest BCUT2D eigenvalue weighted by atomic mass is 79.9. The Balaban J connectivity index is 2.48. The van der Waals surface area contributed by atoms with E-state index in [1.54, 1.807) is 0 Å². The molecule has 2 rings (SSSR count). The molecule has 0 radical (unpaired) electrons. The highest BCUT2D eigenvalue weighted by molar-refractivity contribution is 9.10. The normalized spacial score (nSPS) is 20.5. The first-order valence-corrected chi connectivity index (χ1v) is 5.44. The van der Waals surface area contributed by atoms with Gasteiger partial charge in [0.25, 0.3) is 0 Å². The molecular weight excluding hydrogens is 228 g/mol. The molecule has 68 valence electrons. The van der Waals surface area contributed by atoms with Crippen molar-refractivity contribution in [1.29, 1.82) is 0 Å². The van der Waals surface area contributed by atoms with Crippen molar-refractivity contribution >= 4 is 21.7 Å². The minimum Gasteiger partial charge on any atom is -0.293 e. The lowest BCUT2D eigenvalue weighted by Gasteiger charge is -1.99. The van der Waals surface area contributed by atoms with Crippen LogP contribution in [0, 0.1) is 0 Å². The molecule has 0 bridgehead atoms. The van der Waals surface area contributed by atoms with Gasteiger partial charge in [0.2, 0.25) is 0 Å². The van der Waals surface area contributed by atoms with Gasteiger partial charge < -0.3 is 0 Å². The van der Waals surface area contributed by atoms with E-state index < -0.39 is 0 Å². The number of alkyl halides is 1. The number of hydrogen-bond acceptors (Lipinski definition) is 1. The van der Waals surface area contributed by atoms with E-state index in [1.807, 2.05) is 6.07 Å². The number of fused-ring (bicyclic) bond motifs is 1. The van der Waals surface area contributed by atoms with Gasteiger partial charge in [-0.3, -0.25) is 4.79 Å². The molecule has 0 aliphatic heterocycles. The Labute approximate surface area is 86.3 Å². The molecule has 1 aliphatic carbocycles. The summed E-state index contributed by atoms with van der Waals surface area (Å²) in [7, 11) is 0. The molecule has 0 spiro atoms. The Morgan fingerprint density at radius 1 is 1.54 bits per heavy atom. The lowest BCUT2D eigenvalue weighted by Crippen LogP contribution is -2.06. The Morgan fingerprint density at radius 2 is 2.31 bits per heavy atom. The zero-order chi connectivity index (χ0) is 9.42. The molecule has 1 aromatic carbocycles. The van der Waals surface area contributed by atoms with E-state index in [-0.39, 0.29) is 10.6 Å². The highest BCUT2D eigenvalue weighted by Crippen LogP contribution is 2.27. The predicted molar refractivity (Wildman–Crippen MR) is 56.6 cm³/mol. The van der Waals surface area contributed by atoms with E-state index >= 15 is 0 Å². The second kappa shape index (κ2) is 3.26. The summed E-state index contributed by atoms with van der Waals surface area (Å²) < 4.78 is 0. The second-order valence-corrected chi connectivity index (χ2v) is 4.49.